The average Bonchev–Trinajstić information content (AvgIpc) is 3.72. The first-order chi connectivity index (χ1) is 18.4. The number of hydrogen-bond acceptors (Lipinski definition) is 3. The van der Waals surface area contributed by atoms with Crippen LogP contribution in [0.25, 0.3) is 16.9 Å². The predicted molar refractivity (Wildman–Crippen MR) is 125 cm³/mol. The minimum atomic E-state index is -5.20. The number of halogens is 8. The highest BCUT2D eigenvalue weighted by molar-refractivity contribution is 5.78. The molecule has 3 aromatic carbocycles. The molecule has 1 fully saturated rings. The molecule has 0 radical (unpaired) electrons. The van der Waals surface area contributed by atoms with E-state index in [0.29, 0.717) is 18.4 Å². The van der Waals surface area contributed by atoms with E-state index in [1.54, 1.807) is 6.92 Å². The van der Waals surface area contributed by atoms with E-state index >= 15 is 22.0 Å². The summed E-state index contributed by atoms with van der Waals surface area (Å²) >= 11 is 0. The van der Waals surface area contributed by atoms with Gasteiger partial charge in [0.1, 0.15) is 5.76 Å². The Labute approximate surface area is 217 Å². The van der Waals surface area contributed by atoms with Crippen LogP contribution >= 0.6 is 0 Å². The molecule has 0 heterocycles. The van der Waals surface area contributed by atoms with Gasteiger partial charge in [0.05, 0.1) is 29.9 Å². The molecule has 0 aliphatic heterocycles. The highest BCUT2D eigenvalue weighted by Gasteiger charge is 2.65. The molecular formula is C28H20F8O3. The van der Waals surface area contributed by atoms with Crippen molar-refractivity contribution in [3.8, 4) is 28.4 Å². The van der Waals surface area contributed by atoms with Crippen LogP contribution in [0.5, 0.6) is 17.2 Å². The summed E-state index contributed by atoms with van der Waals surface area (Å²) in [5.41, 5.74) is -4.64. The normalized spacial score (nSPS) is 16.3. The minimum absolute atomic E-state index is 0.0549. The predicted octanol–water partition coefficient (Wildman–Crippen LogP) is 8.49. The maximum absolute atomic E-state index is 15.6. The van der Waals surface area contributed by atoms with Crippen LogP contribution in [0, 0.1) is 23.3 Å². The molecule has 2 aliphatic rings. The summed E-state index contributed by atoms with van der Waals surface area (Å²) in [4.78, 5) is 0. The second-order valence-corrected chi connectivity index (χ2v) is 8.89. The van der Waals surface area contributed by atoms with Crippen molar-refractivity contribution in [1.82, 2.24) is 0 Å². The molecule has 11 heteroatoms. The van der Waals surface area contributed by atoms with Crippen LogP contribution < -0.4 is 14.2 Å². The number of allylic oxidation sites excluding steroid dienone is 1. The van der Waals surface area contributed by atoms with E-state index in [2.05, 4.69) is 0 Å². The zero-order chi connectivity index (χ0) is 28.3. The highest BCUT2D eigenvalue weighted by atomic mass is 19.3. The standard InChI is InChI=1S/C28H20F8O3/c1-3-37-17-10-7-14-15-8-12-19(24(31)21(15)28(35,36)27(33,34)20(14)23(17)30)39-26(13-5-6-13)16-9-11-18(38-4-2)25(32)22(16)29/h7-12H,3-6H2,1-2H3. The van der Waals surface area contributed by atoms with Crippen LogP contribution in [-0.4, -0.2) is 13.2 Å². The second-order valence-electron chi connectivity index (χ2n) is 8.89. The summed E-state index contributed by atoms with van der Waals surface area (Å²) in [6.07, 6.45) is 0.748. The molecule has 39 heavy (non-hydrogen) atoms. The Morgan fingerprint density at radius 1 is 0.641 bits per heavy atom. The Morgan fingerprint density at radius 3 is 1.62 bits per heavy atom. The summed E-state index contributed by atoms with van der Waals surface area (Å²) in [5, 5.41) is 0. The minimum Gasteiger partial charge on any atom is -0.491 e. The molecule has 0 saturated heterocycles. The molecular weight excluding hydrogens is 536 g/mol. The van der Waals surface area contributed by atoms with Gasteiger partial charge in [0, 0.05) is 0 Å². The van der Waals surface area contributed by atoms with Gasteiger partial charge in [-0.1, -0.05) is 0 Å². The summed E-state index contributed by atoms with van der Waals surface area (Å²) in [6, 6.07) is 5.96. The Hall–Kier alpha value is -3.76. The van der Waals surface area contributed by atoms with Crippen LogP contribution in [0.3, 0.4) is 0 Å². The fourth-order valence-corrected chi connectivity index (χ4v) is 4.53. The Balaban J connectivity index is 1.64. The number of ether oxygens (including phenoxy) is 3. The quantitative estimate of drug-likeness (QED) is 0.216. The number of fused-ring (bicyclic) bond motifs is 3. The van der Waals surface area contributed by atoms with E-state index in [0.717, 1.165) is 36.4 Å². The fourth-order valence-electron chi connectivity index (χ4n) is 4.53. The van der Waals surface area contributed by atoms with Gasteiger partial charge >= 0.3 is 11.8 Å². The van der Waals surface area contributed by atoms with Gasteiger partial charge in [-0.05, 0) is 79.8 Å². The second kappa shape index (κ2) is 9.46. The zero-order valence-electron chi connectivity index (χ0n) is 20.5. The summed E-state index contributed by atoms with van der Waals surface area (Å²) < 4.78 is 136. The first kappa shape index (κ1) is 26.8. The molecule has 0 N–H and O–H groups in total. The maximum Gasteiger partial charge on any atom is 0.343 e. The van der Waals surface area contributed by atoms with Gasteiger partial charge in [-0.3, -0.25) is 0 Å². The molecule has 0 unspecified atom stereocenters. The zero-order valence-corrected chi connectivity index (χ0v) is 20.5. The van der Waals surface area contributed by atoms with Crippen LogP contribution in [0.2, 0.25) is 0 Å². The van der Waals surface area contributed by atoms with Crippen molar-refractivity contribution in [2.24, 2.45) is 0 Å². The molecule has 3 nitrogen and oxygen atoms in total. The van der Waals surface area contributed by atoms with Crippen molar-refractivity contribution in [2.75, 3.05) is 13.2 Å². The molecule has 0 aromatic heterocycles. The third kappa shape index (κ3) is 4.09. The smallest absolute Gasteiger partial charge is 0.343 e. The Morgan fingerprint density at radius 2 is 1.10 bits per heavy atom. The Bertz CT molecular complexity index is 1510. The largest absolute Gasteiger partial charge is 0.491 e. The Kier molecular flexibility index (Phi) is 6.51. The summed E-state index contributed by atoms with van der Waals surface area (Å²) in [5.74, 6) is -18.9. The van der Waals surface area contributed by atoms with Gasteiger partial charge in [-0.15, -0.1) is 0 Å². The van der Waals surface area contributed by atoms with Crippen LogP contribution in [0.15, 0.2) is 42.0 Å². The van der Waals surface area contributed by atoms with Gasteiger partial charge < -0.3 is 14.2 Å². The van der Waals surface area contributed by atoms with Crippen molar-refractivity contribution in [2.45, 2.75) is 38.5 Å². The van der Waals surface area contributed by atoms with Crippen LogP contribution in [0.4, 0.5) is 35.1 Å². The lowest BCUT2D eigenvalue weighted by Crippen LogP contribution is -2.41. The van der Waals surface area contributed by atoms with E-state index in [1.165, 1.54) is 6.92 Å². The van der Waals surface area contributed by atoms with E-state index in [1.807, 2.05) is 0 Å². The molecule has 0 atom stereocenters. The number of hydrogen-bond donors (Lipinski definition) is 0. The van der Waals surface area contributed by atoms with E-state index in [-0.39, 0.29) is 24.7 Å². The third-order valence-electron chi connectivity index (χ3n) is 6.45. The van der Waals surface area contributed by atoms with Crippen molar-refractivity contribution >= 4 is 5.76 Å². The van der Waals surface area contributed by atoms with Crippen molar-refractivity contribution in [1.29, 1.82) is 0 Å². The lowest BCUT2D eigenvalue weighted by Gasteiger charge is -2.35. The first-order valence-corrected chi connectivity index (χ1v) is 12.0. The SMILES string of the molecule is CCOc1ccc(C(Oc2ccc3c(c2F)C(F)(F)C(F)(F)c2c-3ccc(OCC)c2F)=C2CC2)c(F)c1F. The molecule has 5 rings (SSSR count). The highest BCUT2D eigenvalue weighted by Crippen LogP contribution is 2.60. The molecule has 3 aromatic rings. The number of alkyl halides is 4. The summed E-state index contributed by atoms with van der Waals surface area (Å²) in [7, 11) is 0. The monoisotopic (exact) mass is 556 g/mol. The number of rotatable bonds is 7. The van der Waals surface area contributed by atoms with Crippen molar-refractivity contribution in [3.05, 3.63) is 81.9 Å². The molecule has 0 amide bonds. The molecule has 1 saturated carbocycles. The number of benzene rings is 3. The van der Waals surface area contributed by atoms with Gasteiger partial charge in [0.2, 0.25) is 5.82 Å². The molecule has 0 bridgehead atoms. The fraction of sp³-hybridized carbons (Fsp3) is 0.286. The van der Waals surface area contributed by atoms with Gasteiger partial charge in [0.25, 0.3) is 0 Å². The van der Waals surface area contributed by atoms with E-state index < -0.39 is 74.4 Å². The van der Waals surface area contributed by atoms with Gasteiger partial charge in [-0.2, -0.15) is 22.0 Å². The molecule has 206 valence electrons. The lowest BCUT2D eigenvalue weighted by molar-refractivity contribution is -0.228. The maximum atomic E-state index is 15.6. The third-order valence-corrected chi connectivity index (χ3v) is 6.45. The lowest BCUT2D eigenvalue weighted by atomic mass is 9.79. The van der Waals surface area contributed by atoms with Crippen LogP contribution in [0.1, 0.15) is 43.4 Å². The van der Waals surface area contributed by atoms with E-state index in [9.17, 15) is 13.2 Å². The molecule has 0 spiro atoms. The summed E-state index contributed by atoms with van der Waals surface area (Å²) in [6.45, 7) is 2.96. The van der Waals surface area contributed by atoms with Gasteiger partial charge in [-0.25, -0.2) is 13.2 Å². The van der Waals surface area contributed by atoms with Crippen LogP contribution in [-0.2, 0) is 11.8 Å². The van der Waals surface area contributed by atoms with E-state index in [4.69, 9.17) is 14.2 Å². The van der Waals surface area contributed by atoms with Crippen molar-refractivity contribution in [3.63, 3.8) is 0 Å². The topological polar surface area (TPSA) is 27.7 Å². The molecule has 2 aliphatic carbocycles. The van der Waals surface area contributed by atoms with Crippen molar-refractivity contribution < 1.29 is 49.3 Å². The van der Waals surface area contributed by atoms with Gasteiger partial charge in [0.15, 0.2) is 34.7 Å². The first-order valence-electron chi connectivity index (χ1n) is 12.0. The average molecular weight is 556 g/mol.